The molecule has 2 fully saturated rings. The molecule has 2 aliphatic carbocycles. The van der Waals surface area contributed by atoms with Crippen molar-refractivity contribution in [3.05, 3.63) is 17.7 Å². The average Bonchev–Trinajstić information content (AvgIpc) is 3.17. The summed E-state index contributed by atoms with van der Waals surface area (Å²) in [5, 5.41) is 3.41. The molecule has 0 unspecified atom stereocenters. The van der Waals surface area contributed by atoms with Crippen LogP contribution in [0.1, 0.15) is 74.7 Å². The first kappa shape index (κ1) is 13.8. The van der Waals surface area contributed by atoms with Crippen LogP contribution in [0.5, 0.6) is 0 Å². The van der Waals surface area contributed by atoms with Gasteiger partial charge in [-0.25, -0.2) is 9.97 Å². The van der Waals surface area contributed by atoms with Crippen LogP contribution in [0.25, 0.3) is 0 Å². The van der Waals surface area contributed by atoms with Gasteiger partial charge in [0.15, 0.2) is 0 Å². The van der Waals surface area contributed by atoms with Crippen LogP contribution in [0.15, 0.2) is 6.20 Å². The van der Waals surface area contributed by atoms with E-state index >= 15 is 0 Å². The Bertz CT molecular complexity index is 434. The van der Waals surface area contributed by atoms with Crippen LogP contribution in [0.2, 0.25) is 0 Å². The molecular formula is C16H26N4. The van der Waals surface area contributed by atoms with Gasteiger partial charge in [-0.2, -0.15) is 0 Å². The van der Waals surface area contributed by atoms with Crippen LogP contribution in [0.3, 0.4) is 0 Å². The van der Waals surface area contributed by atoms with Crippen molar-refractivity contribution in [1.82, 2.24) is 9.97 Å². The SMILES string of the molecule is NCCNc1cnc(C2CCCC2)nc1C1CCCC1. The molecule has 1 heterocycles. The van der Waals surface area contributed by atoms with Crippen LogP contribution < -0.4 is 11.1 Å². The van der Waals surface area contributed by atoms with Gasteiger partial charge < -0.3 is 11.1 Å². The Labute approximate surface area is 121 Å². The Hall–Kier alpha value is -1.16. The summed E-state index contributed by atoms with van der Waals surface area (Å²) in [5.41, 5.74) is 7.98. The first-order valence-electron chi connectivity index (χ1n) is 8.19. The summed E-state index contributed by atoms with van der Waals surface area (Å²) in [4.78, 5) is 9.61. The quantitative estimate of drug-likeness (QED) is 0.865. The molecule has 0 spiro atoms. The third-order valence-corrected chi connectivity index (χ3v) is 4.76. The minimum absolute atomic E-state index is 0.596. The lowest BCUT2D eigenvalue weighted by Gasteiger charge is -2.18. The fraction of sp³-hybridized carbons (Fsp3) is 0.750. The minimum atomic E-state index is 0.596. The third-order valence-electron chi connectivity index (χ3n) is 4.76. The highest BCUT2D eigenvalue weighted by molar-refractivity contribution is 5.48. The van der Waals surface area contributed by atoms with Gasteiger partial charge in [0.2, 0.25) is 0 Å². The molecule has 0 radical (unpaired) electrons. The monoisotopic (exact) mass is 274 g/mol. The standard InChI is InChI=1S/C16H26N4/c17-9-10-18-14-11-19-16(13-7-3-4-8-13)20-15(14)12-5-1-2-6-12/h11-13,18H,1-10,17H2. The largest absolute Gasteiger partial charge is 0.381 e. The van der Waals surface area contributed by atoms with Crippen molar-refractivity contribution < 1.29 is 0 Å². The van der Waals surface area contributed by atoms with Gasteiger partial charge >= 0.3 is 0 Å². The lowest BCUT2D eigenvalue weighted by atomic mass is 10.0. The molecule has 0 aromatic carbocycles. The zero-order chi connectivity index (χ0) is 13.8. The second-order valence-corrected chi connectivity index (χ2v) is 6.21. The van der Waals surface area contributed by atoms with Crippen molar-refractivity contribution in [2.75, 3.05) is 18.4 Å². The van der Waals surface area contributed by atoms with Crippen LogP contribution in [0.4, 0.5) is 5.69 Å². The Balaban J connectivity index is 1.85. The number of rotatable bonds is 5. The van der Waals surface area contributed by atoms with Crippen molar-refractivity contribution in [3.63, 3.8) is 0 Å². The summed E-state index contributed by atoms with van der Waals surface area (Å²) in [6.45, 7) is 1.44. The van der Waals surface area contributed by atoms with E-state index in [4.69, 9.17) is 10.7 Å². The van der Waals surface area contributed by atoms with Crippen LogP contribution in [0, 0.1) is 0 Å². The van der Waals surface area contributed by atoms with Crippen molar-refractivity contribution in [1.29, 1.82) is 0 Å². The highest BCUT2D eigenvalue weighted by Crippen LogP contribution is 2.38. The lowest BCUT2D eigenvalue weighted by molar-refractivity contribution is 0.634. The molecule has 0 bridgehead atoms. The number of hydrogen-bond donors (Lipinski definition) is 2. The molecule has 0 amide bonds. The molecule has 1 aromatic heterocycles. The van der Waals surface area contributed by atoms with Crippen LogP contribution in [-0.2, 0) is 0 Å². The van der Waals surface area contributed by atoms with Gasteiger partial charge in [0.05, 0.1) is 17.6 Å². The van der Waals surface area contributed by atoms with Gasteiger partial charge in [-0.15, -0.1) is 0 Å². The van der Waals surface area contributed by atoms with E-state index in [2.05, 4.69) is 10.3 Å². The Morgan fingerprint density at radius 3 is 2.35 bits per heavy atom. The van der Waals surface area contributed by atoms with E-state index < -0.39 is 0 Å². The number of nitrogens with one attached hydrogen (secondary N) is 1. The fourth-order valence-electron chi connectivity index (χ4n) is 3.64. The van der Waals surface area contributed by atoms with E-state index in [9.17, 15) is 0 Å². The zero-order valence-corrected chi connectivity index (χ0v) is 12.3. The van der Waals surface area contributed by atoms with E-state index in [1.165, 1.54) is 57.1 Å². The average molecular weight is 274 g/mol. The van der Waals surface area contributed by atoms with Gasteiger partial charge in [-0.3, -0.25) is 0 Å². The summed E-state index contributed by atoms with van der Waals surface area (Å²) >= 11 is 0. The molecule has 1 aromatic rings. The Kier molecular flexibility index (Phi) is 4.51. The van der Waals surface area contributed by atoms with Gasteiger partial charge in [0.1, 0.15) is 5.82 Å². The van der Waals surface area contributed by atoms with E-state index in [-0.39, 0.29) is 0 Å². The van der Waals surface area contributed by atoms with E-state index in [1.54, 1.807) is 0 Å². The molecule has 0 aliphatic heterocycles. The summed E-state index contributed by atoms with van der Waals surface area (Å²) in [7, 11) is 0. The maximum absolute atomic E-state index is 5.61. The van der Waals surface area contributed by atoms with E-state index in [0.29, 0.717) is 18.4 Å². The van der Waals surface area contributed by atoms with Crippen molar-refractivity contribution in [2.45, 2.75) is 63.2 Å². The van der Waals surface area contributed by atoms with Crippen molar-refractivity contribution in [2.24, 2.45) is 5.73 Å². The molecule has 2 saturated carbocycles. The van der Waals surface area contributed by atoms with E-state index in [1.807, 2.05) is 6.20 Å². The van der Waals surface area contributed by atoms with Gasteiger partial charge in [-0.1, -0.05) is 25.7 Å². The number of hydrogen-bond acceptors (Lipinski definition) is 4. The number of nitrogens with zero attached hydrogens (tertiary/aromatic N) is 2. The van der Waals surface area contributed by atoms with Crippen LogP contribution >= 0.6 is 0 Å². The van der Waals surface area contributed by atoms with Gasteiger partial charge in [0, 0.05) is 24.9 Å². The summed E-state index contributed by atoms with van der Waals surface area (Å²) in [6, 6.07) is 0. The van der Waals surface area contributed by atoms with E-state index in [0.717, 1.165) is 18.1 Å². The van der Waals surface area contributed by atoms with Crippen molar-refractivity contribution in [3.8, 4) is 0 Å². The third kappa shape index (κ3) is 2.95. The normalized spacial score (nSPS) is 20.6. The topological polar surface area (TPSA) is 63.8 Å². The highest BCUT2D eigenvalue weighted by atomic mass is 15.0. The predicted molar refractivity (Wildman–Crippen MR) is 82.0 cm³/mol. The molecule has 3 N–H and O–H groups in total. The van der Waals surface area contributed by atoms with Gasteiger partial charge in [0.25, 0.3) is 0 Å². The molecule has 4 nitrogen and oxygen atoms in total. The predicted octanol–water partition coefficient (Wildman–Crippen LogP) is 3.16. The first-order chi connectivity index (χ1) is 9.88. The zero-order valence-electron chi connectivity index (χ0n) is 12.3. The second kappa shape index (κ2) is 6.53. The first-order valence-corrected chi connectivity index (χ1v) is 8.19. The maximum atomic E-state index is 5.61. The summed E-state index contributed by atoms with van der Waals surface area (Å²) in [6.07, 6.45) is 12.4. The number of anilines is 1. The highest BCUT2D eigenvalue weighted by Gasteiger charge is 2.25. The Morgan fingerprint density at radius 2 is 1.70 bits per heavy atom. The number of nitrogens with two attached hydrogens (primary N) is 1. The molecule has 0 saturated heterocycles. The lowest BCUT2D eigenvalue weighted by Crippen LogP contribution is -2.16. The van der Waals surface area contributed by atoms with Crippen LogP contribution in [-0.4, -0.2) is 23.1 Å². The minimum Gasteiger partial charge on any atom is -0.381 e. The molecule has 3 rings (SSSR count). The molecule has 0 atom stereocenters. The maximum Gasteiger partial charge on any atom is 0.131 e. The summed E-state index contributed by atoms with van der Waals surface area (Å²) in [5.74, 6) is 2.31. The number of aromatic nitrogens is 2. The summed E-state index contributed by atoms with van der Waals surface area (Å²) < 4.78 is 0. The molecule has 4 heteroatoms. The molecular weight excluding hydrogens is 248 g/mol. The fourth-order valence-corrected chi connectivity index (χ4v) is 3.64. The second-order valence-electron chi connectivity index (χ2n) is 6.21. The smallest absolute Gasteiger partial charge is 0.131 e. The Morgan fingerprint density at radius 1 is 1.05 bits per heavy atom. The molecule has 110 valence electrons. The molecule has 2 aliphatic rings. The van der Waals surface area contributed by atoms with Gasteiger partial charge in [-0.05, 0) is 25.7 Å². The van der Waals surface area contributed by atoms with Crippen molar-refractivity contribution >= 4 is 5.69 Å². The molecule has 20 heavy (non-hydrogen) atoms.